The predicted octanol–water partition coefficient (Wildman–Crippen LogP) is 3.80. The Kier molecular flexibility index (Phi) is 12.3. The molecule has 0 radical (unpaired) electrons. The minimum Gasteiger partial charge on any atom is -0.444 e. The molecule has 0 saturated heterocycles. The fourth-order valence-electron chi connectivity index (χ4n) is 3.80. The van der Waals surface area contributed by atoms with Crippen LogP contribution in [0.5, 0.6) is 0 Å². The number of nitrogens with two attached hydrogens (primary N) is 1. The van der Waals surface area contributed by atoms with Gasteiger partial charge in [-0.25, -0.2) is 4.79 Å². The number of hydrogen-bond acceptors (Lipinski definition) is 5. The van der Waals surface area contributed by atoms with E-state index >= 15 is 0 Å². The lowest BCUT2D eigenvalue weighted by molar-refractivity contribution is -0.144. The molecule has 0 bridgehead atoms. The van der Waals surface area contributed by atoms with Gasteiger partial charge in [-0.05, 0) is 65.7 Å². The van der Waals surface area contributed by atoms with E-state index in [4.69, 9.17) is 16.9 Å². The summed E-state index contributed by atoms with van der Waals surface area (Å²) < 4.78 is 5.31. The molecule has 9 nitrogen and oxygen atoms in total. The van der Waals surface area contributed by atoms with Crippen molar-refractivity contribution in [2.45, 2.75) is 104 Å². The summed E-state index contributed by atoms with van der Waals surface area (Å²) in [6, 6.07) is 4.46. The van der Waals surface area contributed by atoms with Crippen molar-refractivity contribution in [3.63, 3.8) is 0 Å². The van der Waals surface area contributed by atoms with E-state index in [-0.39, 0.29) is 6.54 Å². The number of carbonyl (C=O) groups is 4. The molecule has 0 fully saturated rings. The van der Waals surface area contributed by atoms with Crippen molar-refractivity contribution in [1.29, 1.82) is 0 Å². The van der Waals surface area contributed by atoms with Crippen molar-refractivity contribution in [1.82, 2.24) is 15.5 Å². The third-order valence-corrected chi connectivity index (χ3v) is 5.38. The van der Waals surface area contributed by atoms with Gasteiger partial charge in [0.05, 0.1) is 6.42 Å². The summed E-state index contributed by atoms with van der Waals surface area (Å²) in [5.41, 5.74) is 5.21. The zero-order valence-corrected chi connectivity index (χ0v) is 23.8. The molecule has 0 aliphatic rings. The van der Waals surface area contributed by atoms with Gasteiger partial charge in [0.2, 0.25) is 17.7 Å². The maximum absolute atomic E-state index is 14.0. The Labute approximate surface area is 227 Å². The summed E-state index contributed by atoms with van der Waals surface area (Å²) in [7, 11) is 0. The topological polar surface area (TPSA) is 131 Å². The second-order valence-electron chi connectivity index (χ2n) is 11.4. The molecule has 38 heavy (non-hydrogen) atoms. The number of nitrogens with zero attached hydrogens (tertiary/aromatic N) is 1. The maximum Gasteiger partial charge on any atom is 0.408 e. The van der Waals surface area contributed by atoms with Crippen molar-refractivity contribution in [3.05, 3.63) is 35.4 Å². The van der Waals surface area contributed by atoms with Gasteiger partial charge in [0.15, 0.2) is 0 Å². The first-order chi connectivity index (χ1) is 17.6. The van der Waals surface area contributed by atoms with Crippen molar-refractivity contribution < 1.29 is 23.9 Å². The molecule has 1 rings (SSSR count). The Hall–Kier alpha value is -3.54. The van der Waals surface area contributed by atoms with Crippen LogP contribution in [-0.2, 0) is 19.1 Å². The van der Waals surface area contributed by atoms with Crippen molar-refractivity contribution in [3.8, 4) is 12.3 Å². The Morgan fingerprint density at radius 2 is 1.63 bits per heavy atom. The van der Waals surface area contributed by atoms with E-state index in [9.17, 15) is 19.2 Å². The number of amides is 4. The number of primary amides is 1. The van der Waals surface area contributed by atoms with Crippen LogP contribution in [0.15, 0.2) is 24.3 Å². The van der Waals surface area contributed by atoms with Gasteiger partial charge in [0.1, 0.15) is 17.7 Å². The Morgan fingerprint density at radius 1 is 1.03 bits per heavy atom. The minimum absolute atomic E-state index is 0.225. The molecule has 9 heteroatoms. The smallest absolute Gasteiger partial charge is 0.408 e. The number of carbonyl (C=O) groups excluding carboxylic acids is 4. The summed E-state index contributed by atoms with van der Waals surface area (Å²) in [6.45, 7) is 12.9. The first-order valence-corrected chi connectivity index (χ1v) is 13.0. The second-order valence-corrected chi connectivity index (χ2v) is 11.4. The first-order valence-electron chi connectivity index (χ1n) is 13.0. The zero-order chi connectivity index (χ0) is 29.1. The van der Waals surface area contributed by atoms with Crippen LogP contribution in [0.2, 0.25) is 0 Å². The van der Waals surface area contributed by atoms with Crippen molar-refractivity contribution >= 4 is 23.8 Å². The quantitative estimate of drug-likeness (QED) is 0.281. The second kappa shape index (κ2) is 14.4. The monoisotopic (exact) mass is 528 g/mol. The largest absolute Gasteiger partial charge is 0.444 e. The molecule has 0 aliphatic carbocycles. The molecule has 0 aromatic heterocycles. The van der Waals surface area contributed by atoms with Crippen LogP contribution >= 0.6 is 0 Å². The summed E-state index contributed by atoms with van der Waals surface area (Å²) in [6.07, 6.45) is 7.60. The third-order valence-electron chi connectivity index (χ3n) is 5.38. The molecule has 4 N–H and O–H groups in total. The number of benzene rings is 1. The van der Waals surface area contributed by atoms with Gasteiger partial charge in [-0.1, -0.05) is 44.2 Å². The Balaban J connectivity index is 3.55. The minimum atomic E-state index is -1.32. The molecule has 2 unspecified atom stereocenters. The number of alkyl carbamates (subject to hydrolysis) is 1. The summed E-state index contributed by atoms with van der Waals surface area (Å²) in [5.74, 6) is 0.760. The number of terminal acetylenes is 1. The van der Waals surface area contributed by atoms with E-state index < -0.39 is 53.5 Å². The van der Waals surface area contributed by atoms with Crippen LogP contribution < -0.4 is 16.4 Å². The summed E-state index contributed by atoms with van der Waals surface area (Å²) in [5, 5.41) is 5.45. The fraction of sp³-hybridized carbons (Fsp3) is 0.586. The molecule has 0 heterocycles. The number of rotatable bonds is 12. The lowest BCUT2D eigenvalue weighted by atomic mass is 9.98. The van der Waals surface area contributed by atoms with Crippen LogP contribution in [0, 0.1) is 12.3 Å². The van der Waals surface area contributed by atoms with E-state index in [2.05, 4.69) is 23.5 Å². The number of ether oxygens (including phenoxy) is 1. The van der Waals surface area contributed by atoms with Gasteiger partial charge in [0, 0.05) is 17.6 Å². The average Bonchev–Trinajstić information content (AvgIpc) is 2.77. The molecule has 4 amide bonds. The molecule has 2 atom stereocenters. The van der Waals surface area contributed by atoms with Crippen LogP contribution in [0.25, 0.3) is 0 Å². The lowest BCUT2D eigenvalue weighted by Crippen LogP contribution is -2.55. The highest BCUT2D eigenvalue weighted by Gasteiger charge is 2.37. The van der Waals surface area contributed by atoms with E-state index in [1.807, 2.05) is 20.8 Å². The SMILES string of the molecule is C#Cc1ccc(C(C(=O)NC(C)(C)C)N(CCCCCC)C(=O)C(CC(N)=O)NC(=O)OC(C)(C)C)cc1. The highest BCUT2D eigenvalue weighted by Crippen LogP contribution is 2.25. The van der Waals surface area contributed by atoms with Crippen molar-refractivity contribution in [2.75, 3.05) is 6.54 Å². The predicted molar refractivity (Wildman–Crippen MR) is 148 cm³/mol. The van der Waals surface area contributed by atoms with Gasteiger partial charge in [0.25, 0.3) is 0 Å². The van der Waals surface area contributed by atoms with E-state index in [1.54, 1.807) is 45.0 Å². The lowest BCUT2D eigenvalue weighted by Gasteiger charge is -2.36. The van der Waals surface area contributed by atoms with Gasteiger partial charge in [-0.15, -0.1) is 6.42 Å². The van der Waals surface area contributed by atoms with E-state index in [1.165, 1.54) is 4.90 Å². The van der Waals surface area contributed by atoms with Gasteiger partial charge >= 0.3 is 6.09 Å². The number of hydrogen-bond donors (Lipinski definition) is 3. The summed E-state index contributed by atoms with van der Waals surface area (Å²) >= 11 is 0. The average molecular weight is 529 g/mol. The maximum atomic E-state index is 14.0. The highest BCUT2D eigenvalue weighted by molar-refractivity contribution is 5.94. The highest BCUT2D eigenvalue weighted by atomic mass is 16.6. The molecule has 1 aromatic rings. The third kappa shape index (κ3) is 11.7. The number of nitrogens with one attached hydrogen (secondary N) is 2. The standard InChI is InChI=1S/C29H44N4O5/c1-9-11-12-13-18-33(26(36)22(19-23(30)34)31-27(37)38-29(6,7)8)24(25(35)32-28(3,4)5)21-16-14-20(10-2)15-17-21/h2,14-17,22,24H,9,11-13,18-19H2,1,3-8H3,(H2,30,34)(H,31,37)(H,32,35). The zero-order valence-electron chi connectivity index (χ0n) is 23.8. The molecule has 0 spiro atoms. The van der Waals surface area contributed by atoms with E-state index in [0.29, 0.717) is 17.5 Å². The van der Waals surface area contributed by atoms with Crippen LogP contribution in [-0.4, -0.2) is 52.4 Å². The van der Waals surface area contributed by atoms with Crippen LogP contribution in [0.1, 0.15) is 97.7 Å². The van der Waals surface area contributed by atoms with Gasteiger partial charge < -0.3 is 26.0 Å². The summed E-state index contributed by atoms with van der Waals surface area (Å²) in [4.78, 5) is 53.5. The number of unbranched alkanes of at least 4 members (excludes halogenated alkanes) is 3. The Bertz CT molecular complexity index is 1000. The van der Waals surface area contributed by atoms with E-state index in [0.717, 1.165) is 19.3 Å². The molecular formula is C29H44N4O5. The molecule has 0 aliphatic heterocycles. The van der Waals surface area contributed by atoms with Crippen molar-refractivity contribution in [2.24, 2.45) is 5.73 Å². The first kappa shape index (κ1) is 32.5. The Morgan fingerprint density at radius 3 is 2.11 bits per heavy atom. The molecule has 1 aromatic carbocycles. The normalized spacial score (nSPS) is 13.0. The van der Waals surface area contributed by atoms with Crippen LogP contribution in [0.3, 0.4) is 0 Å². The van der Waals surface area contributed by atoms with Gasteiger partial charge in [-0.2, -0.15) is 0 Å². The molecule has 210 valence electrons. The molecule has 0 saturated carbocycles. The van der Waals surface area contributed by atoms with Gasteiger partial charge in [-0.3, -0.25) is 14.4 Å². The molecular weight excluding hydrogens is 484 g/mol. The fourth-order valence-corrected chi connectivity index (χ4v) is 3.80. The van der Waals surface area contributed by atoms with Crippen LogP contribution in [0.4, 0.5) is 4.79 Å².